The van der Waals surface area contributed by atoms with Crippen molar-refractivity contribution in [2.45, 2.75) is 45.6 Å². The Bertz CT molecular complexity index is 399. The zero-order chi connectivity index (χ0) is 13.8. The smallest absolute Gasteiger partial charge is 0.221 e. The molecule has 0 spiro atoms. The maximum atomic E-state index is 11.6. The summed E-state index contributed by atoms with van der Waals surface area (Å²) in [5.74, 6) is 0.0187. The molecule has 0 radical (unpaired) electrons. The summed E-state index contributed by atoms with van der Waals surface area (Å²) in [5, 5.41) is 2.95. The Morgan fingerprint density at radius 3 is 2.32 bits per heavy atom. The third-order valence-corrected chi connectivity index (χ3v) is 3.07. The monoisotopic (exact) mass is 284 g/mol. The van der Waals surface area contributed by atoms with Gasteiger partial charge in [0.25, 0.3) is 0 Å². The lowest BCUT2D eigenvalue weighted by Gasteiger charge is -2.26. The molecule has 3 nitrogen and oxygen atoms in total. The number of amides is 1. The molecule has 1 aromatic carbocycles. The van der Waals surface area contributed by atoms with Crippen LogP contribution in [0.2, 0.25) is 0 Å². The minimum Gasteiger partial charge on any atom is -0.355 e. The number of rotatable bonds is 5. The molecule has 0 saturated carbocycles. The maximum Gasteiger partial charge on any atom is 0.221 e. The summed E-state index contributed by atoms with van der Waals surface area (Å²) in [6.07, 6.45) is 0.379. The quantitative estimate of drug-likeness (QED) is 0.873. The van der Waals surface area contributed by atoms with Gasteiger partial charge in [-0.05, 0) is 19.4 Å². The van der Waals surface area contributed by atoms with Gasteiger partial charge in [0.1, 0.15) is 0 Å². The molecule has 1 rings (SSSR count). The normalized spacial score (nSPS) is 12.5. The molecule has 0 aliphatic heterocycles. The molecule has 0 bridgehead atoms. The zero-order valence-electron chi connectivity index (χ0n) is 12.2. The number of benzene rings is 1. The fraction of sp³-hybridized carbons (Fsp3) is 0.533. The summed E-state index contributed by atoms with van der Waals surface area (Å²) in [7, 11) is 0. The molecular formula is C15H25ClN2O. The zero-order valence-corrected chi connectivity index (χ0v) is 13.0. The predicted molar refractivity (Wildman–Crippen MR) is 82.7 cm³/mol. The SMILES string of the molecule is Cc1ccc(C(C)(C)CNC(=O)CC(C)N)cc1.Cl. The van der Waals surface area contributed by atoms with Crippen molar-refractivity contribution < 1.29 is 4.79 Å². The van der Waals surface area contributed by atoms with Crippen molar-refractivity contribution in [3.63, 3.8) is 0 Å². The van der Waals surface area contributed by atoms with Gasteiger partial charge in [0, 0.05) is 24.4 Å². The van der Waals surface area contributed by atoms with Crippen LogP contribution < -0.4 is 11.1 Å². The Morgan fingerprint density at radius 2 is 1.84 bits per heavy atom. The highest BCUT2D eigenvalue weighted by molar-refractivity contribution is 5.85. The molecule has 0 aliphatic rings. The van der Waals surface area contributed by atoms with Gasteiger partial charge in [0.05, 0.1) is 0 Å². The van der Waals surface area contributed by atoms with Crippen LogP contribution in [0, 0.1) is 6.92 Å². The molecule has 0 fully saturated rings. The Morgan fingerprint density at radius 1 is 1.32 bits per heavy atom. The fourth-order valence-corrected chi connectivity index (χ4v) is 1.79. The summed E-state index contributed by atoms with van der Waals surface area (Å²) in [6, 6.07) is 8.34. The predicted octanol–water partition coefficient (Wildman–Crippen LogP) is 2.55. The highest BCUT2D eigenvalue weighted by Crippen LogP contribution is 2.22. The molecule has 1 atom stereocenters. The van der Waals surface area contributed by atoms with E-state index < -0.39 is 0 Å². The van der Waals surface area contributed by atoms with E-state index in [2.05, 4.69) is 50.4 Å². The van der Waals surface area contributed by atoms with Crippen LogP contribution in [0.1, 0.15) is 38.3 Å². The second-order valence-corrected chi connectivity index (χ2v) is 5.71. The molecule has 0 heterocycles. The summed E-state index contributed by atoms with van der Waals surface area (Å²) in [6.45, 7) is 8.79. The molecule has 4 heteroatoms. The van der Waals surface area contributed by atoms with Crippen molar-refractivity contribution in [2.75, 3.05) is 6.54 Å². The molecule has 1 aromatic rings. The van der Waals surface area contributed by atoms with Crippen LogP contribution in [0.25, 0.3) is 0 Å². The van der Waals surface area contributed by atoms with Crippen molar-refractivity contribution in [3.8, 4) is 0 Å². The van der Waals surface area contributed by atoms with E-state index in [4.69, 9.17) is 5.73 Å². The van der Waals surface area contributed by atoms with E-state index in [1.165, 1.54) is 11.1 Å². The number of nitrogens with two attached hydrogens (primary N) is 1. The van der Waals surface area contributed by atoms with E-state index in [9.17, 15) is 4.79 Å². The second kappa shape index (κ2) is 7.51. The second-order valence-electron chi connectivity index (χ2n) is 5.71. The van der Waals surface area contributed by atoms with Crippen LogP contribution in [0.5, 0.6) is 0 Å². The molecule has 19 heavy (non-hydrogen) atoms. The van der Waals surface area contributed by atoms with Gasteiger partial charge in [-0.15, -0.1) is 12.4 Å². The van der Waals surface area contributed by atoms with Gasteiger partial charge >= 0.3 is 0 Å². The van der Waals surface area contributed by atoms with Crippen molar-refractivity contribution in [1.82, 2.24) is 5.32 Å². The minimum atomic E-state index is -0.0903. The lowest BCUT2D eigenvalue weighted by atomic mass is 9.84. The molecule has 108 valence electrons. The van der Waals surface area contributed by atoms with Gasteiger partial charge in [-0.25, -0.2) is 0 Å². The van der Waals surface area contributed by atoms with Crippen molar-refractivity contribution in [2.24, 2.45) is 5.73 Å². The van der Waals surface area contributed by atoms with Gasteiger partial charge in [-0.3, -0.25) is 4.79 Å². The highest BCUT2D eigenvalue weighted by Gasteiger charge is 2.21. The Balaban J connectivity index is 0.00000324. The number of halogens is 1. The largest absolute Gasteiger partial charge is 0.355 e. The van der Waals surface area contributed by atoms with E-state index in [1.54, 1.807) is 0 Å². The molecule has 3 N–H and O–H groups in total. The average Bonchev–Trinajstić information content (AvgIpc) is 2.26. The average molecular weight is 285 g/mol. The van der Waals surface area contributed by atoms with Crippen LogP contribution in [0.3, 0.4) is 0 Å². The van der Waals surface area contributed by atoms with Crippen molar-refractivity contribution >= 4 is 18.3 Å². The Labute approximate surface area is 122 Å². The standard InChI is InChI=1S/C15H24N2O.ClH/c1-11-5-7-13(8-6-11)15(3,4)10-17-14(18)9-12(2)16;/h5-8,12H,9-10,16H2,1-4H3,(H,17,18);1H. The number of carbonyl (C=O) groups is 1. The molecule has 0 saturated heterocycles. The third-order valence-electron chi connectivity index (χ3n) is 3.07. The first-order valence-corrected chi connectivity index (χ1v) is 6.41. The first-order chi connectivity index (χ1) is 8.31. The lowest BCUT2D eigenvalue weighted by Crippen LogP contribution is -2.38. The third kappa shape index (κ3) is 6.08. The first-order valence-electron chi connectivity index (χ1n) is 6.41. The highest BCUT2D eigenvalue weighted by atomic mass is 35.5. The van der Waals surface area contributed by atoms with Gasteiger partial charge in [0.15, 0.2) is 0 Å². The molecule has 0 aromatic heterocycles. The van der Waals surface area contributed by atoms with Gasteiger partial charge in [-0.1, -0.05) is 43.7 Å². The summed E-state index contributed by atoms with van der Waals surface area (Å²) < 4.78 is 0. The van der Waals surface area contributed by atoms with Gasteiger partial charge < -0.3 is 11.1 Å². The van der Waals surface area contributed by atoms with E-state index in [-0.39, 0.29) is 29.8 Å². The van der Waals surface area contributed by atoms with Crippen LogP contribution >= 0.6 is 12.4 Å². The lowest BCUT2D eigenvalue weighted by molar-refractivity contribution is -0.121. The summed E-state index contributed by atoms with van der Waals surface area (Å²) >= 11 is 0. The summed E-state index contributed by atoms with van der Waals surface area (Å²) in [5.41, 5.74) is 8.01. The molecule has 0 aliphatic carbocycles. The van der Waals surface area contributed by atoms with Crippen LogP contribution in [0.15, 0.2) is 24.3 Å². The topological polar surface area (TPSA) is 55.1 Å². The molecule has 1 amide bonds. The van der Waals surface area contributed by atoms with Crippen molar-refractivity contribution in [3.05, 3.63) is 35.4 Å². The number of hydrogen-bond acceptors (Lipinski definition) is 2. The van der Waals surface area contributed by atoms with E-state index in [0.29, 0.717) is 13.0 Å². The van der Waals surface area contributed by atoms with Gasteiger partial charge in [0.2, 0.25) is 5.91 Å². The van der Waals surface area contributed by atoms with Crippen LogP contribution in [0.4, 0.5) is 0 Å². The number of hydrogen-bond donors (Lipinski definition) is 2. The molecule has 1 unspecified atom stereocenters. The fourth-order valence-electron chi connectivity index (χ4n) is 1.79. The van der Waals surface area contributed by atoms with Crippen molar-refractivity contribution in [1.29, 1.82) is 0 Å². The number of aryl methyl sites for hydroxylation is 1. The number of nitrogens with one attached hydrogen (secondary N) is 1. The summed E-state index contributed by atoms with van der Waals surface area (Å²) in [4.78, 5) is 11.6. The van der Waals surface area contributed by atoms with E-state index >= 15 is 0 Å². The Hall–Kier alpha value is -1.06. The van der Waals surface area contributed by atoms with E-state index in [1.807, 2.05) is 6.92 Å². The Kier molecular flexibility index (Phi) is 7.09. The van der Waals surface area contributed by atoms with Crippen LogP contribution in [-0.4, -0.2) is 18.5 Å². The van der Waals surface area contributed by atoms with E-state index in [0.717, 1.165) is 0 Å². The first kappa shape index (κ1) is 17.9. The van der Waals surface area contributed by atoms with Crippen LogP contribution in [-0.2, 0) is 10.2 Å². The minimum absolute atomic E-state index is 0. The maximum absolute atomic E-state index is 11.6. The number of carbonyl (C=O) groups excluding carboxylic acids is 1. The molecular weight excluding hydrogens is 260 g/mol. The van der Waals surface area contributed by atoms with Gasteiger partial charge in [-0.2, -0.15) is 0 Å².